The van der Waals surface area contributed by atoms with Crippen molar-refractivity contribution >= 4 is 29.4 Å². The van der Waals surface area contributed by atoms with Gasteiger partial charge in [0.15, 0.2) is 0 Å². The van der Waals surface area contributed by atoms with E-state index in [1.807, 2.05) is 53.2 Å². The molecule has 1 aromatic carbocycles. The van der Waals surface area contributed by atoms with Crippen LogP contribution in [-0.4, -0.2) is 92.1 Å². The summed E-state index contributed by atoms with van der Waals surface area (Å²) >= 11 is 0. The SMILES string of the molecule is C/C(=C\c1cc(F)cc(N(C)C)c1)[C@H]1C(=O)C(=O)C[C@H](O)CC[C@H](C)[C@@H](OC(=O)N2CCN(C)CC2)/C=C/[C@@H]1C. The van der Waals surface area contributed by atoms with Gasteiger partial charge in [0.2, 0.25) is 11.6 Å². The molecular formula is C31H44FN3O5. The van der Waals surface area contributed by atoms with Crippen LogP contribution in [0, 0.1) is 23.6 Å². The van der Waals surface area contributed by atoms with E-state index in [2.05, 4.69) is 4.90 Å². The number of hydrogen-bond donors (Lipinski definition) is 1. The van der Waals surface area contributed by atoms with Crippen molar-refractivity contribution in [3.05, 3.63) is 47.3 Å². The minimum absolute atomic E-state index is 0.105. The second-order valence-electron chi connectivity index (χ2n) is 11.6. The first-order valence-electron chi connectivity index (χ1n) is 14.1. The maximum Gasteiger partial charge on any atom is 0.410 e. The Balaban J connectivity index is 1.92. The maximum atomic E-state index is 14.3. The number of aliphatic hydroxyl groups excluding tert-OH is 1. The van der Waals surface area contributed by atoms with Crippen LogP contribution in [0.5, 0.6) is 0 Å². The quantitative estimate of drug-likeness (QED) is 0.439. The second kappa shape index (κ2) is 14.0. The fraction of sp³-hybridized carbons (Fsp3) is 0.581. The van der Waals surface area contributed by atoms with Crippen LogP contribution in [-0.2, 0) is 14.3 Å². The van der Waals surface area contributed by atoms with Crippen LogP contribution in [0.25, 0.3) is 6.08 Å². The van der Waals surface area contributed by atoms with Gasteiger partial charge in [-0.15, -0.1) is 0 Å². The van der Waals surface area contributed by atoms with E-state index in [0.29, 0.717) is 42.8 Å². The molecule has 1 aliphatic carbocycles. The van der Waals surface area contributed by atoms with Crippen molar-refractivity contribution in [3.63, 3.8) is 0 Å². The standard InChI is InChI=1S/C31H44FN3O5/c1-20-7-9-26(36)19-27(37)30(38)29(22(3)15-23-16-24(32)18-25(17-23)33(4)5)21(2)8-10-28(20)40-31(39)35-13-11-34(6)12-14-35/h8,10,15-18,20-21,26,28-29,36H,7,9,11-14,19H2,1-6H3/b10-8+,22-15+/t20-,21-,26+,28-,29-/m0/s1. The van der Waals surface area contributed by atoms with Crippen LogP contribution < -0.4 is 4.90 Å². The van der Waals surface area contributed by atoms with Gasteiger partial charge < -0.3 is 24.5 Å². The number of Topliss-reactive ketones (excluding diaryl/α,β-unsaturated/α-hetero) is 2. The van der Waals surface area contributed by atoms with Crippen LogP contribution in [0.15, 0.2) is 35.9 Å². The van der Waals surface area contributed by atoms with Gasteiger partial charge in [0.1, 0.15) is 11.9 Å². The van der Waals surface area contributed by atoms with Gasteiger partial charge in [0.05, 0.1) is 12.0 Å². The van der Waals surface area contributed by atoms with Crippen LogP contribution in [0.3, 0.4) is 0 Å². The van der Waals surface area contributed by atoms with Crippen molar-refractivity contribution in [1.82, 2.24) is 9.80 Å². The third-order valence-corrected chi connectivity index (χ3v) is 7.93. The molecule has 220 valence electrons. The molecule has 0 unspecified atom stereocenters. The Kier molecular flexibility index (Phi) is 11.0. The Morgan fingerprint density at radius 2 is 1.75 bits per heavy atom. The topological polar surface area (TPSA) is 90.4 Å². The van der Waals surface area contributed by atoms with Gasteiger partial charge in [-0.05, 0) is 68.5 Å². The summed E-state index contributed by atoms with van der Waals surface area (Å²) in [5, 5.41) is 10.6. The molecule has 2 aliphatic rings. The summed E-state index contributed by atoms with van der Waals surface area (Å²) in [4.78, 5) is 45.0. The predicted octanol–water partition coefficient (Wildman–Crippen LogP) is 4.18. The molecule has 5 atom stereocenters. The van der Waals surface area contributed by atoms with Crippen molar-refractivity contribution in [1.29, 1.82) is 0 Å². The Labute approximate surface area is 237 Å². The number of rotatable bonds is 4. The van der Waals surface area contributed by atoms with Gasteiger partial charge in [-0.3, -0.25) is 9.59 Å². The highest BCUT2D eigenvalue weighted by molar-refractivity contribution is 6.38. The smallest absolute Gasteiger partial charge is 0.410 e. The molecule has 0 radical (unpaired) electrons. The van der Waals surface area contributed by atoms with Crippen molar-refractivity contribution in [2.75, 3.05) is 52.2 Å². The van der Waals surface area contributed by atoms with Gasteiger partial charge in [0.25, 0.3) is 0 Å². The summed E-state index contributed by atoms with van der Waals surface area (Å²) in [5.74, 6) is -2.94. The summed E-state index contributed by atoms with van der Waals surface area (Å²) in [6.07, 6.45) is 4.04. The lowest BCUT2D eigenvalue weighted by Crippen LogP contribution is -2.48. The molecular weight excluding hydrogens is 513 g/mol. The first-order chi connectivity index (χ1) is 18.8. The minimum atomic E-state index is -0.970. The summed E-state index contributed by atoms with van der Waals surface area (Å²) in [6, 6.07) is 4.63. The Morgan fingerprint density at radius 3 is 2.40 bits per heavy atom. The van der Waals surface area contributed by atoms with E-state index < -0.39 is 41.4 Å². The summed E-state index contributed by atoms with van der Waals surface area (Å²) in [7, 11) is 5.65. The number of aliphatic hydroxyl groups is 1. The molecule has 1 N–H and O–H groups in total. The van der Waals surface area contributed by atoms with Crippen molar-refractivity contribution in [2.24, 2.45) is 17.8 Å². The van der Waals surface area contributed by atoms with Crippen LogP contribution in [0.1, 0.15) is 45.6 Å². The second-order valence-corrected chi connectivity index (χ2v) is 11.6. The number of anilines is 1. The average Bonchev–Trinajstić information content (AvgIpc) is 2.88. The Bertz CT molecular complexity index is 1130. The fourth-order valence-electron chi connectivity index (χ4n) is 5.28. The normalized spacial score (nSPS) is 28.4. The molecule has 1 aromatic rings. The number of benzene rings is 1. The summed E-state index contributed by atoms with van der Waals surface area (Å²) in [6.45, 7) is 8.29. The van der Waals surface area contributed by atoms with E-state index in [1.54, 1.807) is 22.8 Å². The molecule has 0 saturated carbocycles. The van der Waals surface area contributed by atoms with Gasteiger partial charge in [-0.25, -0.2) is 9.18 Å². The fourth-order valence-corrected chi connectivity index (χ4v) is 5.28. The molecule has 8 nitrogen and oxygen atoms in total. The largest absolute Gasteiger partial charge is 0.442 e. The van der Waals surface area contributed by atoms with Crippen molar-refractivity contribution in [3.8, 4) is 0 Å². The molecule has 0 spiro atoms. The zero-order valence-electron chi connectivity index (χ0n) is 24.6. The van der Waals surface area contributed by atoms with Crippen LogP contribution in [0.2, 0.25) is 0 Å². The highest BCUT2D eigenvalue weighted by Crippen LogP contribution is 2.29. The van der Waals surface area contributed by atoms with E-state index >= 15 is 0 Å². The zero-order valence-corrected chi connectivity index (χ0v) is 24.6. The first-order valence-corrected chi connectivity index (χ1v) is 14.1. The van der Waals surface area contributed by atoms with Gasteiger partial charge in [-0.1, -0.05) is 31.6 Å². The molecule has 1 heterocycles. The predicted molar refractivity (Wildman–Crippen MR) is 155 cm³/mol. The third kappa shape index (κ3) is 8.48. The Morgan fingerprint density at radius 1 is 1.07 bits per heavy atom. The summed E-state index contributed by atoms with van der Waals surface area (Å²) in [5.41, 5.74) is 1.86. The van der Waals surface area contributed by atoms with Gasteiger partial charge >= 0.3 is 6.09 Å². The molecule has 1 amide bonds. The highest BCUT2D eigenvalue weighted by atomic mass is 19.1. The van der Waals surface area contributed by atoms with E-state index in [0.717, 1.165) is 13.1 Å². The van der Waals surface area contributed by atoms with E-state index in [1.165, 1.54) is 12.1 Å². The molecule has 0 bridgehead atoms. The monoisotopic (exact) mass is 557 g/mol. The van der Waals surface area contributed by atoms with Crippen molar-refractivity contribution < 1.29 is 28.6 Å². The van der Waals surface area contributed by atoms with Gasteiger partial charge in [0, 0.05) is 52.4 Å². The number of hydrogen-bond acceptors (Lipinski definition) is 7. The van der Waals surface area contributed by atoms with Crippen LogP contribution >= 0.6 is 0 Å². The van der Waals surface area contributed by atoms with E-state index in [9.17, 15) is 23.9 Å². The van der Waals surface area contributed by atoms with E-state index in [4.69, 9.17) is 4.74 Å². The number of halogens is 1. The number of nitrogens with zero attached hydrogens (tertiary/aromatic N) is 3. The number of piperazine rings is 1. The number of carbonyl (C=O) groups excluding carboxylic acids is 3. The lowest BCUT2D eigenvalue weighted by atomic mass is 9.80. The molecule has 40 heavy (non-hydrogen) atoms. The van der Waals surface area contributed by atoms with E-state index in [-0.39, 0.29) is 18.4 Å². The molecule has 9 heteroatoms. The molecule has 1 saturated heterocycles. The molecule has 1 fully saturated rings. The van der Waals surface area contributed by atoms with Gasteiger partial charge in [-0.2, -0.15) is 0 Å². The number of likely N-dealkylation sites (N-methyl/N-ethyl adjacent to an activating group) is 1. The minimum Gasteiger partial charge on any atom is -0.442 e. The molecule has 1 aliphatic heterocycles. The summed E-state index contributed by atoms with van der Waals surface area (Å²) < 4.78 is 20.3. The van der Waals surface area contributed by atoms with Crippen molar-refractivity contribution in [2.45, 2.75) is 52.2 Å². The number of carbonyl (C=O) groups is 3. The molecule has 3 rings (SSSR count). The number of ketones is 2. The lowest BCUT2D eigenvalue weighted by Gasteiger charge is -2.33. The number of amides is 1. The maximum absolute atomic E-state index is 14.3. The number of ether oxygens (including phenoxy) is 1. The third-order valence-electron chi connectivity index (χ3n) is 7.93. The molecule has 0 aromatic heterocycles. The first kappa shape index (κ1) is 31.5. The highest BCUT2D eigenvalue weighted by Gasteiger charge is 2.33. The number of allylic oxidation sites excluding steroid dienone is 2. The average molecular weight is 558 g/mol. The van der Waals surface area contributed by atoms with Crippen LogP contribution in [0.4, 0.5) is 14.9 Å². The lowest BCUT2D eigenvalue weighted by molar-refractivity contribution is -0.140. The zero-order chi connectivity index (χ0) is 29.6. The Hall–Kier alpha value is -3.04.